The maximum absolute atomic E-state index is 11.9. The standard InChI is InChI=1S/C14H20BrNO3/c1-4-11(9-15)16-14(17)8-10-5-6-12(18-2)13(7-10)19-3/h5-7,11H,4,8-9H2,1-3H3,(H,16,17). The summed E-state index contributed by atoms with van der Waals surface area (Å²) in [6, 6.07) is 5.68. The lowest BCUT2D eigenvalue weighted by Gasteiger charge is -2.14. The van der Waals surface area contributed by atoms with Gasteiger partial charge in [-0.3, -0.25) is 4.79 Å². The fraction of sp³-hybridized carbons (Fsp3) is 0.500. The fourth-order valence-electron chi connectivity index (χ4n) is 1.70. The molecule has 0 bridgehead atoms. The Morgan fingerprint density at radius 2 is 2.00 bits per heavy atom. The number of nitrogens with one attached hydrogen (secondary N) is 1. The zero-order chi connectivity index (χ0) is 14.3. The van der Waals surface area contributed by atoms with Crippen LogP contribution in [-0.2, 0) is 11.2 Å². The van der Waals surface area contributed by atoms with Crippen LogP contribution in [-0.4, -0.2) is 31.5 Å². The number of rotatable bonds is 7. The van der Waals surface area contributed by atoms with Gasteiger partial charge in [0, 0.05) is 11.4 Å². The Kier molecular flexibility index (Phi) is 6.70. The van der Waals surface area contributed by atoms with Gasteiger partial charge >= 0.3 is 0 Å². The lowest BCUT2D eigenvalue weighted by molar-refractivity contribution is -0.121. The van der Waals surface area contributed by atoms with Crippen molar-refractivity contribution >= 4 is 21.8 Å². The first-order valence-electron chi connectivity index (χ1n) is 6.20. The van der Waals surface area contributed by atoms with Gasteiger partial charge in [0.05, 0.1) is 20.6 Å². The molecule has 1 unspecified atom stereocenters. The van der Waals surface area contributed by atoms with Gasteiger partial charge in [0.1, 0.15) is 0 Å². The van der Waals surface area contributed by atoms with Crippen molar-refractivity contribution in [3.8, 4) is 11.5 Å². The molecule has 0 radical (unpaired) electrons. The molecule has 5 heteroatoms. The summed E-state index contributed by atoms with van der Waals surface area (Å²) in [6.07, 6.45) is 1.24. The molecule has 0 spiro atoms. The van der Waals surface area contributed by atoms with Crippen LogP contribution in [0.25, 0.3) is 0 Å². The minimum absolute atomic E-state index is 0.0125. The molecule has 0 aliphatic rings. The van der Waals surface area contributed by atoms with Gasteiger partial charge in [-0.05, 0) is 24.1 Å². The van der Waals surface area contributed by atoms with E-state index in [2.05, 4.69) is 21.2 Å². The zero-order valence-corrected chi connectivity index (χ0v) is 13.1. The molecule has 1 amide bonds. The second-order valence-corrected chi connectivity index (χ2v) is 4.84. The third-order valence-electron chi connectivity index (χ3n) is 2.86. The summed E-state index contributed by atoms with van der Waals surface area (Å²) >= 11 is 3.38. The molecule has 0 saturated carbocycles. The van der Waals surface area contributed by atoms with Gasteiger partial charge in [-0.2, -0.15) is 0 Å². The maximum Gasteiger partial charge on any atom is 0.224 e. The van der Waals surface area contributed by atoms with Crippen LogP contribution < -0.4 is 14.8 Å². The van der Waals surface area contributed by atoms with Crippen LogP contribution in [0.2, 0.25) is 0 Å². The molecule has 0 fully saturated rings. The van der Waals surface area contributed by atoms with E-state index in [1.807, 2.05) is 25.1 Å². The minimum atomic E-state index is 0.0125. The zero-order valence-electron chi connectivity index (χ0n) is 11.5. The molecular formula is C14H20BrNO3. The van der Waals surface area contributed by atoms with Crippen LogP contribution in [0.3, 0.4) is 0 Å². The summed E-state index contributed by atoms with van der Waals surface area (Å²) in [7, 11) is 3.17. The highest BCUT2D eigenvalue weighted by Gasteiger charge is 2.11. The van der Waals surface area contributed by atoms with Crippen molar-refractivity contribution in [1.29, 1.82) is 0 Å². The highest BCUT2D eigenvalue weighted by atomic mass is 79.9. The van der Waals surface area contributed by atoms with E-state index >= 15 is 0 Å². The molecule has 1 atom stereocenters. The summed E-state index contributed by atoms with van der Waals surface area (Å²) < 4.78 is 10.4. The van der Waals surface area contributed by atoms with Crippen molar-refractivity contribution in [2.24, 2.45) is 0 Å². The van der Waals surface area contributed by atoms with Crippen LogP contribution in [0, 0.1) is 0 Å². The summed E-state index contributed by atoms with van der Waals surface area (Å²) in [5, 5.41) is 3.74. The van der Waals surface area contributed by atoms with Crippen molar-refractivity contribution in [1.82, 2.24) is 5.32 Å². The number of hydrogen-bond acceptors (Lipinski definition) is 3. The average Bonchev–Trinajstić information content (AvgIpc) is 2.44. The Hall–Kier alpha value is -1.23. The van der Waals surface area contributed by atoms with E-state index in [1.165, 1.54) is 0 Å². The Morgan fingerprint density at radius 1 is 1.32 bits per heavy atom. The molecule has 1 N–H and O–H groups in total. The molecule has 4 nitrogen and oxygen atoms in total. The minimum Gasteiger partial charge on any atom is -0.493 e. The van der Waals surface area contributed by atoms with Gasteiger partial charge in [0.15, 0.2) is 11.5 Å². The van der Waals surface area contributed by atoms with Crippen molar-refractivity contribution in [2.45, 2.75) is 25.8 Å². The van der Waals surface area contributed by atoms with E-state index in [-0.39, 0.29) is 11.9 Å². The number of carbonyl (C=O) groups is 1. The maximum atomic E-state index is 11.9. The Morgan fingerprint density at radius 3 is 2.53 bits per heavy atom. The van der Waals surface area contributed by atoms with Crippen molar-refractivity contribution < 1.29 is 14.3 Å². The summed E-state index contributed by atoms with van der Waals surface area (Å²) in [4.78, 5) is 11.9. The molecule has 19 heavy (non-hydrogen) atoms. The second-order valence-electron chi connectivity index (χ2n) is 4.19. The molecule has 1 aromatic rings. The third-order valence-corrected chi connectivity index (χ3v) is 3.64. The van der Waals surface area contributed by atoms with Crippen LogP contribution in [0.1, 0.15) is 18.9 Å². The molecule has 0 aromatic heterocycles. The van der Waals surface area contributed by atoms with Gasteiger partial charge < -0.3 is 14.8 Å². The highest BCUT2D eigenvalue weighted by molar-refractivity contribution is 9.09. The number of halogens is 1. The van der Waals surface area contributed by atoms with Gasteiger partial charge in [-0.1, -0.05) is 28.9 Å². The lowest BCUT2D eigenvalue weighted by Crippen LogP contribution is -2.36. The molecular weight excluding hydrogens is 310 g/mol. The number of alkyl halides is 1. The second kappa shape index (κ2) is 8.04. The number of ether oxygens (including phenoxy) is 2. The number of hydrogen-bond donors (Lipinski definition) is 1. The molecule has 0 saturated heterocycles. The normalized spacial score (nSPS) is 11.8. The fourth-order valence-corrected chi connectivity index (χ4v) is 2.32. The van der Waals surface area contributed by atoms with E-state index in [0.717, 1.165) is 17.3 Å². The topological polar surface area (TPSA) is 47.6 Å². The van der Waals surface area contributed by atoms with E-state index in [1.54, 1.807) is 14.2 Å². The largest absolute Gasteiger partial charge is 0.493 e. The Bertz CT molecular complexity index is 419. The molecule has 1 rings (SSSR count). The highest BCUT2D eigenvalue weighted by Crippen LogP contribution is 2.27. The van der Waals surface area contributed by atoms with Gasteiger partial charge in [0.2, 0.25) is 5.91 Å². The molecule has 0 heterocycles. The Balaban J connectivity index is 2.69. The quantitative estimate of drug-likeness (QED) is 0.782. The third kappa shape index (κ3) is 4.74. The molecule has 106 valence electrons. The van der Waals surface area contributed by atoms with E-state index < -0.39 is 0 Å². The first-order chi connectivity index (χ1) is 9.14. The summed E-state index contributed by atoms with van der Waals surface area (Å²) in [5.74, 6) is 1.32. The first kappa shape index (κ1) is 15.8. The summed E-state index contributed by atoms with van der Waals surface area (Å²) in [6.45, 7) is 2.04. The number of carbonyl (C=O) groups excluding carboxylic acids is 1. The Labute approximate surface area is 122 Å². The van der Waals surface area contributed by atoms with Gasteiger partial charge in [0.25, 0.3) is 0 Å². The van der Waals surface area contributed by atoms with Crippen LogP contribution in [0.4, 0.5) is 0 Å². The number of amides is 1. The average molecular weight is 330 g/mol. The lowest BCUT2D eigenvalue weighted by atomic mass is 10.1. The van der Waals surface area contributed by atoms with Gasteiger partial charge in [-0.25, -0.2) is 0 Å². The number of methoxy groups -OCH3 is 2. The number of benzene rings is 1. The SMILES string of the molecule is CCC(CBr)NC(=O)Cc1ccc(OC)c(OC)c1. The van der Waals surface area contributed by atoms with Crippen molar-refractivity contribution in [3.05, 3.63) is 23.8 Å². The predicted molar refractivity (Wildman–Crippen MR) is 79.3 cm³/mol. The molecule has 0 aliphatic heterocycles. The molecule has 0 aliphatic carbocycles. The monoisotopic (exact) mass is 329 g/mol. The van der Waals surface area contributed by atoms with Crippen LogP contribution >= 0.6 is 15.9 Å². The van der Waals surface area contributed by atoms with Gasteiger partial charge in [-0.15, -0.1) is 0 Å². The van der Waals surface area contributed by atoms with E-state index in [9.17, 15) is 4.79 Å². The smallest absolute Gasteiger partial charge is 0.224 e. The van der Waals surface area contributed by atoms with E-state index in [0.29, 0.717) is 17.9 Å². The van der Waals surface area contributed by atoms with Crippen LogP contribution in [0.5, 0.6) is 11.5 Å². The predicted octanol–water partition coefficient (Wildman–Crippen LogP) is 2.54. The van der Waals surface area contributed by atoms with Crippen molar-refractivity contribution in [2.75, 3.05) is 19.5 Å². The first-order valence-corrected chi connectivity index (χ1v) is 7.33. The van der Waals surface area contributed by atoms with Crippen molar-refractivity contribution in [3.63, 3.8) is 0 Å². The molecule has 1 aromatic carbocycles. The summed E-state index contributed by atoms with van der Waals surface area (Å²) in [5.41, 5.74) is 0.902. The van der Waals surface area contributed by atoms with Crippen LogP contribution in [0.15, 0.2) is 18.2 Å². The van der Waals surface area contributed by atoms with E-state index in [4.69, 9.17) is 9.47 Å².